The molecule has 0 radical (unpaired) electrons. The number of carbonyl (C=O) groups is 1. The van der Waals surface area contributed by atoms with Crippen LogP contribution in [0.2, 0.25) is 0 Å². The van der Waals surface area contributed by atoms with Crippen molar-refractivity contribution in [3.05, 3.63) is 46.1 Å². The normalized spacial score (nSPS) is 10.4. The van der Waals surface area contributed by atoms with Crippen LogP contribution in [0, 0.1) is 11.3 Å². The SMILES string of the molecule is CNC(=S)NC=C(C#N)C(=O)c1ccc(Br)cc1. The molecule has 4 nitrogen and oxygen atoms in total. The number of halogens is 1. The molecular weight excluding hydrogens is 314 g/mol. The molecule has 2 N–H and O–H groups in total. The van der Waals surface area contributed by atoms with E-state index >= 15 is 0 Å². The molecule has 0 spiro atoms. The van der Waals surface area contributed by atoms with Crippen molar-refractivity contribution >= 4 is 39.0 Å². The lowest BCUT2D eigenvalue weighted by atomic mass is 10.1. The van der Waals surface area contributed by atoms with E-state index in [1.807, 2.05) is 6.07 Å². The third-order valence-electron chi connectivity index (χ3n) is 2.05. The van der Waals surface area contributed by atoms with E-state index in [0.717, 1.165) is 4.47 Å². The minimum atomic E-state index is -0.351. The Labute approximate surface area is 119 Å². The highest BCUT2D eigenvalue weighted by Gasteiger charge is 2.11. The van der Waals surface area contributed by atoms with Crippen molar-refractivity contribution in [1.29, 1.82) is 5.26 Å². The summed E-state index contributed by atoms with van der Waals surface area (Å²) in [6, 6.07) is 8.63. The maximum atomic E-state index is 12.0. The molecule has 6 heteroatoms. The molecule has 1 rings (SSSR count). The van der Waals surface area contributed by atoms with Crippen molar-refractivity contribution in [3.63, 3.8) is 0 Å². The summed E-state index contributed by atoms with van der Waals surface area (Å²) in [5.41, 5.74) is 0.443. The maximum Gasteiger partial charge on any atom is 0.205 e. The molecule has 92 valence electrons. The molecule has 0 fully saturated rings. The molecule has 1 aromatic rings. The van der Waals surface area contributed by atoms with E-state index in [9.17, 15) is 4.79 Å². The van der Waals surface area contributed by atoms with Crippen molar-refractivity contribution in [3.8, 4) is 6.07 Å². The van der Waals surface area contributed by atoms with Crippen LogP contribution in [0.25, 0.3) is 0 Å². The zero-order valence-electron chi connectivity index (χ0n) is 9.53. The molecule has 0 saturated carbocycles. The van der Waals surface area contributed by atoms with Gasteiger partial charge in [-0.15, -0.1) is 0 Å². The summed E-state index contributed by atoms with van der Waals surface area (Å²) in [5.74, 6) is -0.351. The Morgan fingerprint density at radius 2 is 2.06 bits per heavy atom. The second kappa shape index (κ2) is 6.89. The molecule has 0 aliphatic heterocycles. The fourth-order valence-corrected chi connectivity index (χ4v) is 1.44. The highest BCUT2D eigenvalue weighted by atomic mass is 79.9. The van der Waals surface area contributed by atoms with Crippen molar-refractivity contribution in [2.24, 2.45) is 0 Å². The first-order valence-electron chi connectivity index (χ1n) is 4.97. The highest BCUT2D eigenvalue weighted by Crippen LogP contribution is 2.13. The first-order valence-corrected chi connectivity index (χ1v) is 6.17. The van der Waals surface area contributed by atoms with E-state index in [0.29, 0.717) is 10.7 Å². The number of nitriles is 1. The van der Waals surface area contributed by atoms with E-state index in [4.69, 9.17) is 17.5 Å². The molecule has 0 atom stereocenters. The van der Waals surface area contributed by atoms with Crippen LogP contribution >= 0.6 is 28.1 Å². The van der Waals surface area contributed by atoms with E-state index in [1.54, 1.807) is 31.3 Å². The molecule has 0 heterocycles. The van der Waals surface area contributed by atoms with Crippen LogP contribution in [0.5, 0.6) is 0 Å². The van der Waals surface area contributed by atoms with Crippen LogP contribution in [0.15, 0.2) is 40.5 Å². The Balaban J connectivity index is 2.90. The van der Waals surface area contributed by atoms with Crippen molar-refractivity contribution < 1.29 is 4.79 Å². The maximum absolute atomic E-state index is 12.0. The number of allylic oxidation sites excluding steroid dienone is 1. The van der Waals surface area contributed by atoms with E-state index < -0.39 is 0 Å². The van der Waals surface area contributed by atoms with Gasteiger partial charge < -0.3 is 10.6 Å². The molecule has 0 aliphatic carbocycles. The Morgan fingerprint density at radius 3 is 2.56 bits per heavy atom. The largest absolute Gasteiger partial charge is 0.366 e. The van der Waals surface area contributed by atoms with E-state index in [-0.39, 0.29) is 11.4 Å². The van der Waals surface area contributed by atoms with Crippen LogP contribution in [0.4, 0.5) is 0 Å². The van der Waals surface area contributed by atoms with Gasteiger partial charge in [0.25, 0.3) is 0 Å². The lowest BCUT2D eigenvalue weighted by Crippen LogP contribution is -2.29. The molecule has 18 heavy (non-hydrogen) atoms. The third-order valence-corrected chi connectivity index (χ3v) is 2.90. The van der Waals surface area contributed by atoms with Gasteiger partial charge in [-0.1, -0.05) is 15.9 Å². The summed E-state index contributed by atoms with van der Waals surface area (Å²) in [4.78, 5) is 12.0. The zero-order valence-corrected chi connectivity index (χ0v) is 11.9. The number of ketones is 1. The molecule has 0 bridgehead atoms. The van der Waals surface area contributed by atoms with Crippen LogP contribution in [-0.4, -0.2) is 17.9 Å². The van der Waals surface area contributed by atoms with Gasteiger partial charge >= 0.3 is 0 Å². The Bertz CT molecular complexity index is 531. The fraction of sp³-hybridized carbons (Fsp3) is 0.0833. The molecular formula is C12H10BrN3OS. The van der Waals surface area contributed by atoms with Gasteiger partial charge in [-0.2, -0.15) is 5.26 Å². The van der Waals surface area contributed by atoms with E-state index in [2.05, 4.69) is 26.6 Å². The molecule has 0 aromatic heterocycles. The third kappa shape index (κ3) is 3.95. The highest BCUT2D eigenvalue weighted by molar-refractivity contribution is 9.10. The summed E-state index contributed by atoms with van der Waals surface area (Å²) < 4.78 is 0.871. The van der Waals surface area contributed by atoms with Crippen molar-refractivity contribution in [2.75, 3.05) is 7.05 Å². The number of thiocarbonyl (C=S) groups is 1. The standard InChI is InChI=1S/C12H10BrN3OS/c1-15-12(18)16-7-9(6-14)11(17)8-2-4-10(13)5-3-8/h2-5,7H,1H3,(H2,15,16,18). The second-order valence-corrected chi connectivity index (χ2v) is 4.55. The zero-order chi connectivity index (χ0) is 13.5. The predicted molar refractivity (Wildman–Crippen MR) is 77.0 cm³/mol. The van der Waals surface area contributed by atoms with Crippen LogP contribution in [0.1, 0.15) is 10.4 Å². The summed E-state index contributed by atoms with van der Waals surface area (Å²) in [5, 5.41) is 14.6. The topological polar surface area (TPSA) is 64.9 Å². The first kappa shape index (κ1) is 14.4. The Kier molecular flexibility index (Phi) is 5.49. The van der Waals surface area contributed by atoms with Gasteiger partial charge in [0.15, 0.2) is 5.11 Å². The minimum absolute atomic E-state index is 0.00470. The number of carbonyl (C=O) groups excluding carboxylic acids is 1. The molecule has 0 aliphatic rings. The lowest BCUT2D eigenvalue weighted by molar-refractivity contribution is 0.103. The molecule has 0 amide bonds. The summed E-state index contributed by atoms with van der Waals surface area (Å²) in [6.45, 7) is 0. The van der Waals surface area contributed by atoms with Gasteiger partial charge in [0, 0.05) is 23.3 Å². The Morgan fingerprint density at radius 1 is 1.44 bits per heavy atom. The predicted octanol–water partition coefficient (Wildman–Crippen LogP) is 2.13. The number of rotatable bonds is 3. The first-order chi connectivity index (χ1) is 8.58. The number of Topliss-reactive ketones (excluding diaryl/α,β-unsaturated/α-hetero) is 1. The van der Waals surface area contributed by atoms with E-state index in [1.165, 1.54) is 6.20 Å². The summed E-state index contributed by atoms with van der Waals surface area (Å²) in [7, 11) is 1.64. The quantitative estimate of drug-likeness (QED) is 0.386. The van der Waals surface area contributed by atoms with Gasteiger partial charge in [-0.05, 0) is 36.5 Å². The fourth-order valence-electron chi connectivity index (χ4n) is 1.12. The van der Waals surface area contributed by atoms with Crippen molar-refractivity contribution in [2.45, 2.75) is 0 Å². The number of benzene rings is 1. The van der Waals surface area contributed by atoms with Crippen molar-refractivity contribution in [1.82, 2.24) is 10.6 Å². The smallest absolute Gasteiger partial charge is 0.205 e. The van der Waals surface area contributed by atoms with Gasteiger partial charge in [0.2, 0.25) is 5.78 Å². The van der Waals surface area contributed by atoms with Gasteiger partial charge in [0.05, 0.1) is 0 Å². The monoisotopic (exact) mass is 323 g/mol. The van der Waals surface area contributed by atoms with Gasteiger partial charge in [-0.25, -0.2) is 0 Å². The summed E-state index contributed by atoms with van der Waals surface area (Å²) in [6.07, 6.45) is 1.29. The van der Waals surface area contributed by atoms with Crippen LogP contribution in [0.3, 0.4) is 0 Å². The summed E-state index contributed by atoms with van der Waals surface area (Å²) >= 11 is 8.13. The molecule has 0 unspecified atom stereocenters. The molecule has 1 aromatic carbocycles. The van der Waals surface area contributed by atoms with Gasteiger partial charge in [0.1, 0.15) is 11.6 Å². The number of nitrogens with one attached hydrogen (secondary N) is 2. The second-order valence-electron chi connectivity index (χ2n) is 3.23. The number of hydrogen-bond donors (Lipinski definition) is 2. The average molecular weight is 324 g/mol. The Hall–Kier alpha value is -1.71. The molecule has 0 saturated heterocycles. The van der Waals surface area contributed by atoms with Gasteiger partial charge in [-0.3, -0.25) is 4.79 Å². The minimum Gasteiger partial charge on any atom is -0.366 e. The van der Waals surface area contributed by atoms with Crippen LogP contribution < -0.4 is 10.6 Å². The lowest BCUT2D eigenvalue weighted by Gasteiger charge is -2.03. The average Bonchev–Trinajstić information content (AvgIpc) is 2.39. The number of hydrogen-bond acceptors (Lipinski definition) is 3. The number of nitrogens with zero attached hydrogens (tertiary/aromatic N) is 1. The van der Waals surface area contributed by atoms with Crippen LogP contribution in [-0.2, 0) is 0 Å².